The zero-order chi connectivity index (χ0) is 12.4. The third kappa shape index (κ3) is 2.12. The number of halogens is 1. The van der Waals surface area contributed by atoms with Crippen molar-refractivity contribution >= 4 is 27.5 Å². The van der Waals surface area contributed by atoms with Gasteiger partial charge in [-0.05, 0) is 28.8 Å². The standard InChI is InChI=1S/C14H13BrO2/c1-2-3-6-11-12(15)14(17)10-8-5-4-7-9(10)13(11)16/h4-5,7-8H,2-3,6H2,1H3. The Morgan fingerprint density at radius 3 is 2.24 bits per heavy atom. The van der Waals surface area contributed by atoms with Crippen molar-refractivity contribution in [3.63, 3.8) is 0 Å². The molecule has 0 saturated carbocycles. The van der Waals surface area contributed by atoms with Crippen LogP contribution in [0.5, 0.6) is 0 Å². The van der Waals surface area contributed by atoms with Crippen molar-refractivity contribution in [1.29, 1.82) is 0 Å². The topological polar surface area (TPSA) is 34.1 Å². The minimum Gasteiger partial charge on any atom is -0.289 e. The van der Waals surface area contributed by atoms with Crippen LogP contribution in [0.1, 0.15) is 46.9 Å². The first-order valence-corrected chi connectivity index (χ1v) is 6.53. The molecule has 0 bridgehead atoms. The van der Waals surface area contributed by atoms with Gasteiger partial charge in [-0.1, -0.05) is 37.6 Å². The van der Waals surface area contributed by atoms with E-state index < -0.39 is 0 Å². The fraction of sp³-hybridized carbons (Fsp3) is 0.286. The molecule has 3 heteroatoms. The van der Waals surface area contributed by atoms with Crippen LogP contribution in [0.3, 0.4) is 0 Å². The summed E-state index contributed by atoms with van der Waals surface area (Å²) in [6, 6.07) is 7.00. The van der Waals surface area contributed by atoms with Crippen LogP contribution in [0.15, 0.2) is 34.3 Å². The van der Waals surface area contributed by atoms with Gasteiger partial charge in [0.1, 0.15) is 0 Å². The molecule has 0 unspecified atom stereocenters. The van der Waals surface area contributed by atoms with Gasteiger partial charge in [0.15, 0.2) is 5.78 Å². The third-order valence-corrected chi connectivity index (χ3v) is 3.77. The van der Waals surface area contributed by atoms with Gasteiger partial charge in [0.25, 0.3) is 0 Å². The number of carbonyl (C=O) groups is 2. The molecule has 1 aliphatic carbocycles. The highest BCUT2D eigenvalue weighted by molar-refractivity contribution is 9.12. The second-order valence-corrected chi connectivity index (χ2v) is 4.89. The monoisotopic (exact) mass is 292 g/mol. The summed E-state index contributed by atoms with van der Waals surface area (Å²) in [5.74, 6) is -0.0909. The number of ketones is 2. The second kappa shape index (κ2) is 4.96. The Morgan fingerprint density at radius 2 is 1.65 bits per heavy atom. The zero-order valence-corrected chi connectivity index (χ0v) is 11.2. The van der Waals surface area contributed by atoms with E-state index in [1.165, 1.54) is 0 Å². The van der Waals surface area contributed by atoms with Crippen LogP contribution in [0.2, 0.25) is 0 Å². The quantitative estimate of drug-likeness (QED) is 0.847. The molecule has 0 amide bonds. The predicted molar refractivity (Wildman–Crippen MR) is 70.6 cm³/mol. The first kappa shape index (κ1) is 12.2. The predicted octanol–water partition coefficient (Wildman–Crippen LogP) is 3.90. The van der Waals surface area contributed by atoms with Crippen molar-refractivity contribution in [1.82, 2.24) is 0 Å². The average molecular weight is 293 g/mol. The number of benzene rings is 1. The molecular weight excluding hydrogens is 280 g/mol. The van der Waals surface area contributed by atoms with Crippen LogP contribution in [0.4, 0.5) is 0 Å². The van der Waals surface area contributed by atoms with E-state index in [-0.39, 0.29) is 11.6 Å². The molecule has 0 N–H and O–H groups in total. The Kier molecular flexibility index (Phi) is 3.57. The van der Waals surface area contributed by atoms with Gasteiger partial charge >= 0.3 is 0 Å². The molecule has 88 valence electrons. The number of carbonyl (C=O) groups excluding carboxylic acids is 2. The molecule has 0 heterocycles. The highest BCUT2D eigenvalue weighted by Gasteiger charge is 2.29. The molecule has 2 nitrogen and oxygen atoms in total. The summed E-state index contributed by atoms with van der Waals surface area (Å²) in [6.45, 7) is 2.07. The van der Waals surface area contributed by atoms with Crippen LogP contribution >= 0.6 is 15.9 Å². The molecule has 1 aromatic rings. The van der Waals surface area contributed by atoms with E-state index >= 15 is 0 Å². The van der Waals surface area contributed by atoms with Crippen LogP contribution in [0.25, 0.3) is 0 Å². The number of rotatable bonds is 3. The Bertz CT molecular complexity index is 515. The molecule has 0 radical (unpaired) electrons. The maximum absolute atomic E-state index is 12.2. The van der Waals surface area contributed by atoms with E-state index in [0.717, 1.165) is 12.8 Å². The number of fused-ring (bicyclic) bond motifs is 1. The molecule has 0 aliphatic heterocycles. The lowest BCUT2D eigenvalue weighted by atomic mass is 9.87. The normalized spacial score (nSPS) is 15.2. The first-order valence-electron chi connectivity index (χ1n) is 5.74. The van der Waals surface area contributed by atoms with Crippen molar-refractivity contribution in [2.45, 2.75) is 26.2 Å². The van der Waals surface area contributed by atoms with Crippen LogP contribution in [-0.4, -0.2) is 11.6 Å². The van der Waals surface area contributed by atoms with Gasteiger partial charge in [-0.3, -0.25) is 9.59 Å². The van der Waals surface area contributed by atoms with E-state index in [4.69, 9.17) is 0 Å². The van der Waals surface area contributed by atoms with Gasteiger partial charge in [-0.15, -0.1) is 0 Å². The molecule has 1 aliphatic rings. The van der Waals surface area contributed by atoms with Crippen LogP contribution < -0.4 is 0 Å². The summed E-state index contributed by atoms with van der Waals surface area (Å²) in [4.78, 5) is 24.3. The van der Waals surface area contributed by atoms with Crippen molar-refractivity contribution in [2.75, 3.05) is 0 Å². The summed E-state index contributed by atoms with van der Waals surface area (Å²) >= 11 is 3.27. The molecule has 0 fully saturated rings. The number of hydrogen-bond donors (Lipinski definition) is 0. The molecule has 0 spiro atoms. The zero-order valence-electron chi connectivity index (χ0n) is 9.63. The Hall–Kier alpha value is -1.22. The van der Waals surface area contributed by atoms with Gasteiger partial charge in [0.05, 0.1) is 4.48 Å². The lowest BCUT2D eigenvalue weighted by Gasteiger charge is -2.17. The fourth-order valence-corrected chi connectivity index (χ4v) is 2.57. The largest absolute Gasteiger partial charge is 0.289 e. The van der Waals surface area contributed by atoms with Gasteiger partial charge in [-0.25, -0.2) is 0 Å². The number of Topliss-reactive ketones (excluding diaryl/α,β-unsaturated/α-hetero) is 2. The van der Waals surface area contributed by atoms with E-state index in [1.807, 2.05) is 0 Å². The van der Waals surface area contributed by atoms with E-state index in [9.17, 15) is 9.59 Å². The Balaban J connectivity index is 2.47. The van der Waals surface area contributed by atoms with Gasteiger partial charge in [0.2, 0.25) is 5.78 Å². The second-order valence-electron chi connectivity index (χ2n) is 4.10. The summed E-state index contributed by atoms with van der Waals surface area (Å²) in [7, 11) is 0. The minimum absolute atomic E-state index is 0.0134. The molecule has 0 aromatic heterocycles. The summed E-state index contributed by atoms with van der Waals surface area (Å²) < 4.78 is 0.439. The lowest BCUT2D eigenvalue weighted by molar-refractivity contribution is 0.0979. The molecule has 0 atom stereocenters. The fourth-order valence-electron chi connectivity index (χ4n) is 1.97. The maximum Gasteiger partial charge on any atom is 0.201 e. The third-order valence-electron chi connectivity index (χ3n) is 2.94. The molecule has 17 heavy (non-hydrogen) atoms. The average Bonchev–Trinajstić information content (AvgIpc) is 2.36. The van der Waals surface area contributed by atoms with Crippen LogP contribution in [-0.2, 0) is 0 Å². The highest BCUT2D eigenvalue weighted by atomic mass is 79.9. The smallest absolute Gasteiger partial charge is 0.201 e. The molecule has 0 saturated heterocycles. The number of unbranched alkanes of at least 4 members (excludes halogenated alkanes) is 1. The maximum atomic E-state index is 12.2. The van der Waals surface area contributed by atoms with Crippen molar-refractivity contribution in [3.8, 4) is 0 Å². The molecular formula is C14H13BrO2. The summed E-state index contributed by atoms with van der Waals surface area (Å²) in [5.41, 5.74) is 1.66. The highest BCUT2D eigenvalue weighted by Crippen LogP contribution is 2.31. The van der Waals surface area contributed by atoms with Crippen molar-refractivity contribution in [2.24, 2.45) is 0 Å². The van der Waals surface area contributed by atoms with Gasteiger partial charge in [-0.2, -0.15) is 0 Å². The molecule has 2 rings (SSSR count). The minimum atomic E-state index is -0.0775. The lowest BCUT2D eigenvalue weighted by Crippen LogP contribution is -2.19. The summed E-state index contributed by atoms with van der Waals surface area (Å²) in [6.07, 6.45) is 2.59. The SMILES string of the molecule is CCCCC1=C(Br)C(=O)c2ccccc2C1=O. The Morgan fingerprint density at radius 1 is 1.06 bits per heavy atom. The number of allylic oxidation sites excluding steroid dienone is 2. The van der Waals surface area contributed by atoms with E-state index in [0.29, 0.717) is 27.6 Å². The van der Waals surface area contributed by atoms with E-state index in [1.54, 1.807) is 24.3 Å². The van der Waals surface area contributed by atoms with Crippen LogP contribution in [0, 0.1) is 0 Å². The van der Waals surface area contributed by atoms with E-state index in [2.05, 4.69) is 22.9 Å². The number of hydrogen-bond acceptors (Lipinski definition) is 2. The van der Waals surface area contributed by atoms with Crippen molar-refractivity contribution < 1.29 is 9.59 Å². The van der Waals surface area contributed by atoms with Gasteiger partial charge in [0, 0.05) is 16.7 Å². The van der Waals surface area contributed by atoms with Gasteiger partial charge < -0.3 is 0 Å². The Labute approximate surface area is 109 Å². The first-order chi connectivity index (χ1) is 8.16. The molecule has 1 aromatic carbocycles. The van der Waals surface area contributed by atoms with Crippen molar-refractivity contribution in [3.05, 3.63) is 45.4 Å². The summed E-state index contributed by atoms with van der Waals surface area (Å²) in [5, 5.41) is 0.